The number of nitrogens with zero attached hydrogens (tertiary/aromatic N) is 1. The van der Waals surface area contributed by atoms with Gasteiger partial charge in [-0.05, 0) is 54.8 Å². The Labute approximate surface area is 191 Å². The summed E-state index contributed by atoms with van der Waals surface area (Å²) in [5.41, 5.74) is 1.38. The molecule has 1 saturated heterocycles. The molecule has 4 heteroatoms. The minimum Gasteiger partial charge on any atom is -0.489 e. The Hall–Kier alpha value is -2.82. The minimum absolute atomic E-state index is 0.293. The Balaban J connectivity index is 1.43. The average Bonchev–Trinajstić information content (AvgIpc) is 2.82. The van der Waals surface area contributed by atoms with Crippen LogP contribution in [0.15, 0.2) is 84.9 Å². The lowest BCUT2D eigenvalue weighted by Crippen LogP contribution is -2.59. The third-order valence-corrected chi connectivity index (χ3v) is 6.13. The van der Waals surface area contributed by atoms with Crippen LogP contribution in [-0.4, -0.2) is 41.3 Å². The molecule has 1 aliphatic rings. The molecule has 0 aromatic heterocycles. The van der Waals surface area contributed by atoms with Crippen molar-refractivity contribution in [1.82, 2.24) is 4.90 Å². The first kappa shape index (κ1) is 22.4. The molecule has 3 aromatic carbocycles. The summed E-state index contributed by atoms with van der Waals surface area (Å²) in [5, 5.41) is 11.6. The van der Waals surface area contributed by atoms with E-state index in [2.05, 4.69) is 36.1 Å². The molecular weight excluding hydrogens is 398 g/mol. The topological polar surface area (TPSA) is 41.9 Å². The van der Waals surface area contributed by atoms with E-state index in [1.807, 2.05) is 60.7 Å². The maximum absolute atomic E-state index is 11.6. The van der Waals surface area contributed by atoms with Crippen LogP contribution < -0.4 is 9.47 Å². The Morgan fingerprint density at radius 1 is 0.875 bits per heavy atom. The summed E-state index contributed by atoms with van der Waals surface area (Å²) >= 11 is 0. The molecule has 3 aromatic rings. The zero-order valence-electron chi connectivity index (χ0n) is 18.8. The molecule has 0 bridgehead atoms. The third kappa shape index (κ3) is 5.90. The van der Waals surface area contributed by atoms with Gasteiger partial charge in [-0.3, -0.25) is 4.90 Å². The molecule has 168 valence electrons. The highest BCUT2D eigenvalue weighted by Gasteiger charge is 2.43. The van der Waals surface area contributed by atoms with Crippen molar-refractivity contribution in [1.29, 1.82) is 0 Å². The number of rotatable bonds is 9. The Bertz CT molecular complexity index is 945. The lowest BCUT2D eigenvalue weighted by Gasteiger charge is -2.44. The molecule has 2 atom stereocenters. The van der Waals surface area contributed by atoms with Crippen LogP contribution in [0.25, 0.3) is 0 Å². The molecule has 1 N–H and O–H groups in total. The van der Waals surface area contributed by atoms with Crippen molar-refractivity contribution < 1.29 is 14.6 Å². The van der Waals surface area contributed by atoms with Crippen LogP contribution in [0.1, 0.15) is 30.9 Å². The van der Waals surface area contributed by atoms with Gasteiger partial charge < -0.3 is 14.6 Å². The maximum atomic E-state index is 11.6. The van der Waals surface area contributed by atoms with E-state index >= 15 is 0 Å². The second kappa shape index (κ2) is 10.7. The number of benzene rings is 3. The lowest BCUT2D eigenvalue weighted by molar-refractivity contribution is -0.106. The highest BCUT2D eigenvalue weighted by Crippen LogP contribution is 2.31. The van der Waals surface area contributed by atoms with Crippen molar-refractivity contribution in [2.24, 2.45) is 0 Å². The molecule has 4 nitrogen and oxygen atoms in total. The van der Waals surface area contributed by atoms with Crippen LogP contribution in [0.5, 0.6) is 11.5 Å². The van der Waals surface area contributed by atoms with Crippen molar-refractivity contribution in [3.63, 3.8) is 0 Å². The van der Waals surface area contributed by atoms with E-state index in [4.69, 9.17) is 9.47 Å². The van der Waals surface area contributed by atoms with Gasteiger partial charge in [-0.2, -0.15) is 0 Å². The zero-order chi connectivity index (χ0) is 22.2. The molecule has 0 amide bonds. The highest BCUT2D eigenvalue weighted by molar-refractivity contribution is 5.32. The molecule has 0 saturated carbocycles. The fourth-order valence-electron chi connectivity index (χ4n) is 4.35. The molecule has 0 spiro atoms. The first-order valence-electron chi connectivity index (χ1n) is 11.6. The van der Waals surface area contributed by atoms with Crippen LogP contribution in [0.2, 0.25) is 0 Å². The van der Waals surface area contributed by atoms with Crippen LogP contribution in [0.3, 0.4) is 0 Å². The molecule has 1 heterocycles. The first-order valence-corrected chi connectivity index (χ1v) is 11.6. The number of likely N-dealkylation sites (tertiary alicyclic amines) is 1. The largest absolute Gasteiger partial charge is 0.489 e. The van der Waals surface area contributed by atoms with E-state index in [0.29, 0.717) is 19.4 Å². The third-order valence-electron chi connectivity index (χ3n) is 6.13. The lowest BCUT2D eigenvalue weighted by atomic mass is 9.82. The van der Waals surface area contributed by atoms with E-state index in [9.17, 15) is 5.11 Å². The van der Waals surface area contributed by atoms with E-state index < -0.39 is 5.60 Å². The molecular formula is C28H33NO3. The normalized spacial score (nSPS) is 21.2. The molecule has 1 fully saturated rings. The van der Waals surface area contributed by atoms with Crippen LogP contribution in [0, 0.1) is 0 Å². The number of hydrogen-bond donors (Lipinski definition) is 1. The SMILES string of the molecule is CCCN1CCC(O)(Cc2ccccc2)C(Oc2ccc(OCc3ccccc3)cc2)C1. The standard InChI is InChI=1S/C28H33NO3/c1-2-18-29-19-17-28(30,20-23-9-5-3-6-10-23)27(21-29)32-26-15-13-25(14-16-26)31-22-24-11-7-4-8-12-24/h3-16,27,30H,2,17-22H2,1H3. The van der Waals surface area contributed by atoms with Crippen molar-refractivity contribution >= 4 is 0 Å². The van der Waals surface area contributed by atoms with Gasteiger partial charge in [0.05, 0.1) is 0 Å². The predicted molar refractivity (Wildman–Crippen MR) is 128 cm³/mol. The molecule has 1 aliphatic heterocycles. The number of aliphatic hydroxyl groups is 1. The second-order valence-corrected chi connectivity index (χ2v) is 8.67. The van der Waals surface area contributed by atoms with Gasteiger partial charge >= 0.3 is 0 Å². The Morgan fingerprint density at radius 3 is 2.16 bits per heavy atom. The first-order chi connectivity index (χ1) is 15.6. The van der Waals surface area contributed by atoms with Crippen LogP contribution in [0.4, 0.5) is 0 Å². The van der Waals surface area contributed by atoms with Gasteiger partial charge in [0.1, 0.15) is 29.8 Å². The van der Waals surface area contributed by atoms with Crippen molar-refractivity contribution in [2.75, 3.05) is 19.6 Å². The van der Waals surface area contributed by atoms with E-state index in [1.165, 1.54) is 0 Å². The summed E-state index contributed by atoms with van der Waals surface area (Å²) in [4.78, 5) is 2.39. The summed E-state index contributed by atoms with van der Waals surface area (Å²) in [6.45, 7) is 5.36. The van der Waals surface area contributed by atoms with Gasteiger partial charge in [0, 0.05) is 19.5 Å². The van der Waals surface area contributed by atoms with E-state index in [1.54, 1.807) is 0 Å². The molecule has 2 unspecified atom stereocenters. The van der Waals surface area contributed by atoms with E-state index in [0.717, 1.165) is 48.7 Å². The Kier molecular flexibility index (Phi) is 7.46. The average molecular weight is 432 g/mol. The fraction of sp³-hybridized carbons (Fsp3) is 0.357. The summed E-state index contributed by atoms with van der Waals surface area (Å²) in [6, 6.07) is 28.1. The zero-order valence-corrected chi connectivity index (χ0v) is 18.8. The van der Waals surface area contributed by atoms with Crippen molar-refractivity contribution in [2.45, 2.75) is 44.5 Å². The summed E-state index contributed by atoms with van der Waals surface area (Å²) < 4.78 is 12.3. The molecule has 0 aliphatic carbocycles. The summed E-state index contributed by atoms with van der Waals surface area (Å²) in [7, 11) is 0. The van der Waals surface area contributed by atoms with Crippen molar-refractivity contribution in [3.05, 3.63) is 96.1 Å². The highest BCUT2D eigenvalue weighted by atomic mass is 16.5. The smallest absolute Gasteiger partial charge is 0.140 e. The van der Waals surface area contributed by atoms with Gasteiger partial charge in [-0.25, -0.2) is 0 Å². The molecule has 32 heavy (non-hydrogen) atoms. The van der Waals surface area contributed by atoms with Gasteiger partial charge in [0.25, 0.3) is 0 Å². The van der Waals surface area contributed by atoms with Gasteiger partial charge in [-0.15, -0.1) is 0 Å². The van der Waals surface area contributed by atoms with Gasteiger partial charge in [-0.1, -0.05) is 67.6 Å². The number of piperidine rings is 1. The van der Waals surface area contributed by atoms with Crippen LogP contribution >= 0.6 is 0 Å². The Morgan fingerprint density at radius 2 is 1.50 bits per heavy atom. The summed E-state index contributed by atoms with van der Waals surface area (Å²) in [6.07, 6.45) is 2.10. The van der Waals surface area contributed by atoms with Crippen molar-refractivity contribution in [3.8, 4) is 11.5 Å². The predicted octanol–water partition coefficient (Wildman–Crippen LogP) is 5.10. The second-order valence-electron chi connectivity index (χ2n) is 8.67. The maximum Gasteiger partial charge on any atom is 0.140 e. The monoisotopic (exact) mass is 431 g/mol. The summed E-state index contributed by atoms with van der Waals surface area (Å²) in [5.74, 6) is 1.56. The number of ether oxygens (including phenoxy) is 2. The minimum atomic E-state index is -0.895. The quantitative estimate of drug-likeness (QED) is 0.512. The number of hydrogen-bond acceptors (Lipinski definition) is 4. The van der Waals surface area contributed by atoms with Gasteiger partial charge in [0.2, 0.25) is 0 Å². The van der Waals surface area contributed by atoms with E-state index in [-0.39, 0.29) is 6.10 Å². The van der Waals surface area contributed by atoms with Gasteiger partial charge in [0.15, 0.2) is 0 Å². The molecule has 4 rings (SSSR count). The fourth-order valence-corrected chi connectivity index (χ4v) is 4.35. The van der Waals surface area contributed by atoms with Crippen LogP contribution in [-0.2, 0) is 13.0 Å². The molecule has 0 radical (unpaired) electrons.